The Kier molecular flexibility index (Phi) is 7.53. The van der Waals surface area contributed by atoms with Gasteiger partial charge in [-0.05, 0) is 34.5 Å². The molecule has 2 heterocycles. The Morgan fingerprint density at radius 3 is 2.21 bits per heavy atom. The lowest BCUT2D eigenvalue weighted by molar-refractivity contribution is -0.135. The Hall–Kier alpha value is -4.47. The number of ether oxygens (including phenoxy) is 1. The van der Waals surface area contributed by atoms with E-state index >= 15 is 0 Å². The number of rotatable bonds is 7. The normalized spacial score (nSPS) is 16.8. The van der Waals surface area contributed by atoms with Crippen LogP contribution in [0.25, 0.3) is 16.5 Å². The van der Waals surface area contributed by atoms with Crippen LogP contribution < -0.4 is 0 Å². The van der Waals surface area contributed by atoms with E-state index in [1.54, 1.807) is 35.2 Å². The van der Waals surface area contributed by atoms with Gasteiger partial charge in [0.2, 0.25) is 5.78 Å². The van der Waals surface area contributed by atoms with Crippen LogP contribution in [0.3, 0.4) is 0 Å². The van der Waals surface area contributed by atoms with Crippen molar-refractivity contribution in [1.29, 1.82) is 0 Å². The molecule has 0 N–H and O–H groups in total. The van der Waals surface area contributed by atoms with Crippen LogP contribution in [0.4, 0.5) is 0 Å². The molecular weight excluding hydrogens is 550 g/mol. The molecule has 0 unspecified atom stereocenters. The molecule has 0 atom stereocenters. The van der Waals surface area contributed by atoms with E-state index in [4.69, 9.17) is 4.74 Å². The minimum Gasteiger partial charge on any atom is -0.481 e. The van der Waals surface area contributed by atoms with Crippen molar-refractivity contribution in [2.75, 3.05) is 39.8 Å². The number of fused-ring (bicyclic) bond motifs is 2. The summed E-state index contributed by atoms with van der Waals surface area (Å²) in [5, 5.41) is 1.82. The summed E-state index contributed by atoms with van der Waals surface area (Å²) in [6.45, 7) is 3.09. The number of hydrogen-bond acceptors (Lipinski definition) is 6. The van der Waals surface area contributed by atoms with Crippen LogP contribution >= 0.6 is 0 Å². The molecule has 1 amide bonds. The summed E-state index contributed by atoms with van der Waals surface area (Å²) in [5.74, 6) is -0.636. The van der Waals surface area contributed by atoms with E-state index in [2.05, 4.69) is 17.0 Å². The number of allylic oxidation sites excluding steroid dienone is 1. The number of hydrogen-bond donors (Lipinski definition) is 0. The third kappa shape index (κ3) is 5.29. The molecule has 0 bridgehead atoms. The molecule has 0 aromatic heterocycles. The molecule has 0 saturated carbocycles. The van der Waals surface area contributed by atoms with Crippen molar-refractivity contribution in [2.24, 2.45) is 0 Å². The number of carbonyl (C=O) groups is 2. The van der Waals surface area contributed by atoms with E-state index in [1.807, 2.05) is 48.5 Å². The number of ketones is 1. The van der Waals surface area contributed by atoms with Crippen LogP contribution in [-0.4, -0.2) is 74.0 Å². The van der Waals surface area contributed by atoms with Gasteiger partial charge in [0.1, 0.15) is 5.70 Å². The molecule has 1 fully saturated rings. The van der Waals surface area contributed by atoms with Gasteiger partial charge in [-0.3, -0.25) is 18.8 Å². The Morgan fingerprint density at radius 2 is 1.45 bits per heavy atom. The number of sulfonamides is 1. The summed E-state index contributed by atoms with van der Waals surface area (Å²) in [4.78, 5) is 31.3. The van der Waals surface area contributed by atoms with Crippen LogP contribution in [0.1, 0.15) is 21.5 Å². The Morgan fingerprint density at radius 1 is 0.786 bits per heavy atom. The van der Waals surface area contributed by atoms with Gasteiger partial charge in [-0.25, -0.2) is 8.42 Å². The third-order valence-corrected chi connectivity index (χ3v) is 9.66. The zero-order valence-corrected chi connectivity index (χ0v) is 24.1. The second kappa shape index (κ2) is 11.4. The zero-order chi connectivity index (χ0) is 29.3. The van der Waals surface area contributed by atoms with Gasteiger partial charge in [-0.1, -0.05) is 78.9 Å². The number of benzene rings is 4. The zero-order valence-electron chi connectivity index (χ0n) is 23.3. The third-order valence-electron chi connectivity index (χ3n) is 7.84. The van der Waals surface area contributed by atoms with E-state index in [-0.39, 0.29) is 34.4 Å². The summed E-state index contributed by atoms with van der Waals surface area (Å²) >= 11 is 0. The molecule has 9 heteroatoms. The highest BCUT2D eigenvalue weighted by Crippen LogP contribution is 2.38. The molecule has 214 valence electrons. The summed E-state index contributed by atoms with van der Waals surface area (Å²) in [7, 11) is -2.67. The first-order valence-electron chi connectivity index (χ1n) is 13.9. The summed E-state index contributed by atoms with van der Waals surface area (Å²) in [6, 6.07) is 29.5. The van der Waals surface area contributed by atoms with Gasteiger partial charge in [0.15, 0.2) is 12.4 Å². The van der Waals surface area contributed by atoms with Crippen molar-refractivity contribution < 1.29 is 22.7 Å². The molecular formula is C33H31N3O5S. The van der Waals surface area contributed by atoms with Crippen LogP contribution in [0.5, 0.6) is 0 Å². The number of piperazine rings is 1. The first-order valence-corrected chi connectivity index (χ1v) is 15.3. The predicted molar refractivity (Wildman–Crippen MR) is 161 cm³/mol. The molecule has 6 rings (SSSR count). The minimum atomic E-state index is -4.02. The maximum atomic E-state index is 13.9. The smallest absolute Gasteiger partial charge is 0.265 e. The van der Waals surface area contributed by atoms with E-state index in [9.17, 15) is 18.0 Å². The van der Waals surface area contributed by atoms with E-state index < -0.39 is 15.8 Å². The average molecular weight is 582 g/mol. The molecule has 0 aliphatic carbocycles. The second-order valence-electron chi connectivity index (χ2n) is 10.5. The van der Waals surface area contributed by atoms with Crippen molar-refractivity contribution in [3.05, 3.63) is 119 Å². The molecule has 1 saturated heterocycles. The first-order chi connectivity index (χ1) is 20.3. The molecule has 8 nitrogen and oxygen atoms in total. The standard InChI is InChI=1S/C33H31N3O5S/c1-34-31(32(38)27-16-15-25-11-5-6-12-26(25)21-27)33(28-13-7-8-14-29(28)42(34,39)40)41-23-30(37)36-19-17-35(18-20-36)22-24-9-3-2-4-10-24/h2-16,21H,17-20,22-23H2,1H3. The van der Waals surface area contributed by atoms with Gasteiger partial charge < -0.3 is 9.64 Å². The fourth-order valence-corrected chi connectivity index (χ4v) is 6.89. The molecule has 0 spiro atoms. The van der Waals surface area contributed by atoms with E-state index in [1.165, 1.54) is 18.7 Å². The summed E-state index contributed by atoms with van der Waals surface area (Å²) in [5.41, 5.74) is 1.70. The fraction of sp³-hybridized carbons (Fsp3) is 0.212. The van der Waals surface area contributed by atoms with E-state index in [0.717, 1.165) is 34.7 Å². The van der Waals surface area contributed by atoms with Crippen LogP contribution in [0.2, 0.25) is 0 Å². The van der Waals surface area contributed by atoms with Crippen molar-refractivity contribution in [1.82, 2.24) is 14.1 Å². The predicted octanol–water partition coefficient (Wildman–Crippen LogP) is 4.39. The summed E-state index contributed by atoms with van der Waals surface area (Å²) < 4.78 is 34.0. The van der Waals surface area contributed by atoms with Gasteiger partial charge in [0.05, 0.1) is 4.90 Å². The second-order valence-corrected chi connectivity index (χ2v) is 12.4. The highest BCUT2D eigenvalue weighted by molar-refractivity contribution is 7.89. The van der Waals surface area contributed by atoms with E-state index in [0.29, 0.717) is 18.7 Å². The molecule has 0 radical (unpaired) electrons. The van der Waals surface area contributed by atoms with Gasteiger partial charge in [-0.2, -0.15) is 0 Å². The van der Waals surface area contributed by atoms with Gasteiger partial charge in [0, 0.05) is 50.9 Å². The Balaban J connectivity index is 1.26. The lowest BCUT2D eigenvalue weighted by atomic mass is 10.0. The Labute approximate surface area is 245 Å². The van der Waals surface area contributed by atoms with Crippen molar-refractivity contribution >= 4 is 38.2 Å². The Bertz CT molecular complexity index is 1790. The summed E-state index contributed by atoms with van der Waals surface area (Å²) in [6.07, 6.45) is 0. The topological polar surface area (TPSA) is 87.2 Å². The lowest BCUT2D eigenvalue weighted by Gasteiger charge is -2.35. The van der Waals surface area contributed by atoms with Gasteiger partial charge >= 0.3 is 0 Å². The van der Waals surface area contributed by atoms with Gasteiger partial charge in [-0.15, -0.1) is 0 Å². The number of carbonyl (C=O) groups excluding carboxylic acids is 2. The van der Waals surface area contributed by atoms with Crippen LogP contribution in [0.15, 0.2) is 108 Å². The van der Waals surface area contributed by atoms with Crippen molar-refractivity contribution in [2.45, 2.75) is 11.4 Å². The SMILES string of the molecule is CN1C(C(=O)c2ccc3ccccc3c2)=C(OCC(=O)N2CCN(Cc3ccccc3)CC2)c2ccccc2S1(=O)=O. The first kappa shape index (κ1) is 27.7. The molecule has 4 aromatic rings. The molecule has 2 aliphatic rings. The maximum Gasteiger partial charge on any atom is 0.265 e. The molecule has 4 aromatic carbocycles. The number of nitrogens with zero attached hydrogens (tertiary/aromatic N) is 3. The average Bonchev–Trinajstić information content (AvgIpc) is 3.02. The largest absolute Gasteiger partial charge is 0.481 e. The molecule has 2 aliphatic heterocycles. The van der Waals surface area contributed by atoms with Crippen molar-refractivity contribution in [3.63, 3.8) is 0 Å². The monoisotopic (exact) mass is 581 g/mol. The highest BCUT2D eigenvalue weighted by atomic mass is 32.2. The fourth-order valence-electron chi connectivity index (χ4n) is 5.50. The minimum absolute atomic E-state index is 0.0273. The highest BCUT2D eigenvalue weighted by Gasteiger charge is 2.39. The number of likely N-dealkylation sites (N-methyl/N-ethyl adjacent to an activating group) is 1. The van der Waals surface area contributed by atoms with Gasteiger partial charge in [0.25, 0.3) is 15.9 Å². The maximum absolute atomic E-state index is 13.9. The number of amides is 1. The molecule has 42 heavy (non-hydrogen) atoms. The number of Topliss-reactive ketones (excluding diaryl/α,β-unsaturated/α-hetero) is 1. The van der Waals surface area contributed by atoms with Crippen LogP contribution in [-0.2, 0) is 26.1 Å². The quantitative estimate of drug-likeness (QED) is 0.301. The lowest BCUT2D eigenvalue weighted by Crippen LogP contribution is -2.49. The van der Waals surface area contributed by atoms with Crippen molar-refractivity contribution in [3.8, 4) is 0 Å². The van der Waals surface area contributed by atoms with Crippen LogP contribution in [0, 0.1) is 0 Å².